The third-order valence-electron chi connectivity index (χ3n) is 22.6. The summed E-state index contributed by atoms with van der Waals surface area (Å²) in [5, 5.41) is 13.8. The van der Waals surface area contributed by atoms with Crippen molar-refractivity contribution in [1.29, 1.82) is 0 Å². The van der Waals surface area contributed by atoms with Crippen LogP contribution in [0.15, 0.2) is 176 Å². The monoisotopic (exact) mass is 2170 g/mol. The molecule has 786 valence electrons. The van der Waals surface area contributed by atoms with E-state index in [1.54, 1.807) is 54.6 Å². The highest BCUT2D eigenvalue weighted by atomic mass is 35.5. The van der Waals surface area contributed by atoms with Gasteiger partial charge in [-0.05, 0) is 168 Å². The number of hydrogen-bond donors (Lipinski definition) is 3. The van der Waals surface area contributed by atoms with Gasteiger partial charge in [0.25, 0.3) is 29.5 Å². The van der Waals surface area contributed by atoms with Crippen molar-refractivity contribution in [1.82, 2.24) is 50.0 Å². The Kier molecular flexibility index (Phi) is 38.5. The molecule has 3 N–H and O–H groups in total. The van der Waals surface area contributed by atoms with Gasteiger partial charge in [-0.2, -0.15) is 26.3 Å². The van der Waals surface area contributed by atoms with Crippen molar-refractivity contribution < 1.29 is 135 Å². The molecular weight excluding hydrogens is 2080 g/mol. The molecule has 14 rings (SSSR count). The minimum Gasteiger partial charge on any atom is -0.444 e. The summed E-state index contributed by atoms with van der Waals surface area (Å²) in [5.74, 6) is -7.66. The van der Waals surface area contributed by atoms with Crippen molar-refractivity contribution >= 4 is 187 Å². The van der Waals surface area contributed by atoms with Crippen molar-refractivity contribution in [3.05, 3.63) is 264 Å². The van der Waals surface area contributed by atoms with Gasteiger partial charge in [-0.25, -0.2) is 75.3 Å². The summed E-state index contributed by atoms with van der Waals surface area (Å²) in [7, 11) is 7.09. The summed E-state index contributed by atoms with van der Waals surface area (Å²) in [6.07, 6.45) is -12.3. The van der Waals surface area contributed by atoms with E-state index in [0.29, 0.717) is 34.0 Å². The molecule has 35 nitrogen and oxygen atoms in total. The average molecular weight is 2170 g/mol. The van der Waals surface area contributed by atoms with E-state index in [1.165, 1.54) is 152 Å². The molecule has 17 amide bonds. The highest BCUT2D eigenvalue weighted by molar-refractivity contribution is 6.33. The van der Waals surface area contributed by atoms with Gasteiger partial charge in [-0.15, -0.1) is 0 Å². The van der Waals surface area contributed by atoms with Crippen LogP contribution in [-0.4, -0.2) is 264 Å². The number of aryl methyl sites for hydroxylation is 2. The van der Waals surface area contributed by atoms with E-state index in [2.05, 4.69) is 20.6 Å². The van der Waals surface area contributed by atoms with Gasteiger partial charge in [0.2, 0.25) is 0 Å². The number of likely N-dealkylation sites (N-methyl/N-ethyl adjacent to an activating group) is 5. The van der Waals surface area contributed by atoms with E-state index in [9.17, 15) is 125 Å². The number of hydrogen-bond acceptors (Lipinski definition) is 20. The highest BCUT2D eigenvalue weighted by Gasteiger charge is 2.51. The van der Waals surface area contributed by atoms with Crippen LogP contribution in [0.1, 0.15) is 61.3 Å². The molecule has 5 aliphatic rings. The zero-order chi connectivity index (χ0) is 109. The molecule has 5 saturated heterocycles. The number of Topliss-reactive ketones (excluding diaryl/α,β-unsaturated/α-hetero) is 3. The Morgan fingerprint density at radius 2 is 0.716 bits per heavy atom. The first-order chi connectivity index (χ1) is 69.4. The fourth-order valence-electron chi connectivity index (χ4n) is 15.3. The number of rotatable bonds is 24. The zero-order valence-corrected chi connectivity index (χ0v) is 83.9. The molecule has 5 fully saturated rings. The van der Waals surface area contributed by atoms with Gasteiger partial charge in [0, 0.05) is 88.2 Å². The Labute approximate surface area is 863 Å². The van der Waals surface area contributed by atoms with Gasteiger partial charge < -0.3 is 69.3 Å². The number of halogens is 16. The molecule has 1 unspecified atom stereocenters. The number of amides is 17. The molecule has 0 aliphatic carbocycles. The van der Waals surface area contributed by atoms with Gasteiger partial charge >= 0.3 is 54.7 Å². The molecule has 51 heteroatoms. The Hall–Kier alpha value is -14.9. The quantitative estimate of drug-likeness (QED) is 0.0473. The van der Waals surface area contributed by atoms with Gasteiger partial charge in [0.05, 0.1) is 88.2 Å². The zero-order valence-electron chi connectivity index (χ0n) is 80.1. The maximum absolute atomic E-state index is 13.5. The summed E-state index contributed by atoms with van der Waals surface area (Å²) in [6.45, 7) is 6.54. The molecule has 9 aromatic rings. The number of benzene rings is 7. The van der Waals surface area contributed by atoms with E-state index in [4.69, 9.17) is 67.5 Å². The SMILES string of the molecule is CC(=O)CN1C[C@@H](C(=O)N(C)c2ccc(F)c(Cl)c2)N(C(=O)OCc2ccccc2)C1=O.CC(=O)CN1C[C@@H](C(=O)N(C)c2ccc(F)c(Cl)c2)N(c2cc(C(F)(F)F)cc(C)n2)C1=O.CC(=O)CN1C[C@@H](C(=O)N(C)c2ccc(F)c(Cl)c2)NC1=O.CN(C(=O)[C@@H]1CNC(=O)N1C(=O)OCc1ccccc1)c1ccc(F)c(Cl)c1.Cc1cc(C(F)(F)F)cc(N2C(=O)N(CC(C)O)C[C@H]2C(=O)N(C)c2ccc(F)c(Cl)c2)n1. The number of nitrogens with one attached hydrogen (secondary N) is 2. The second kappa shape index (κ2) is 49.6. The number of ether oxygens (including phenoxy) is 2. The van der Waals surface area contributed by atoms with Crippen molar-refractivity contribution in [3.63, 3.8) is 0 Å². The Balaban J connectivity index is 0.000000190. The number of ketones is 3. The van der Waals surface area contributed by atoms with E-state index < -0.39 is 155 Å². The summed E-state index contributed by atoms with van der Waals surface area (Å²) < 4.78 is 158. The fraction of sp³-hybridized carbons (Fsp3) is 0.309. The first kappa shape index (κ1) is 115. The first-order valence-corrected chi connectivity index (χ1v) is 46.0. The van der Waals surface area contributed by atoms with Gasteiger partial charge in [-0.3, -0.25) is 48.2 Å². The highest BCUT2D eigenvalue weighted by Crippen LogP contribution is 2.39. The van der Waals surface area contributed by atoms with Crippen molar-refractivity contribution in [2.24, 2.45) is 0 Å². The van der Waals surface area contributed by atoms with Crippen LogP contribution in [0.2, 0.25) is 25.1 Å². The summed E-state index contributed by atoms with van der Waals surface area (Å²) in [6, 6.07) is 30.2. The molecular formula is C97H93Cl5F11N17O18. The fourth-order valence-corrected chi connectivity index (χ4v) is 16.1. The van der Waals surface area contributed by atoms with Crippen LogP contribution in [-0.2, 0) is 73.4 Å². The Morgan fingerprint density at radius 3 is 1.06 bits per heavy atom. The lowest BCUT2D eigenvalue weighted by Gasteiger charge is -2.27. The molecule has 0 spiro atoms. The average Bonchev–Trinajstić information content (AvgIpc) is 1.60. The molecule has 5 aliphatic heterocycles. The second-order valence-corrected chi connectivity index (χ2v) is 35.9. The molecule has 148 heavy (non-hydrogen) atoms. The lowest BCUT2D eigenvalue weighted by molar-refractivity contribution is -0.138. The number of carbonyl (C=O) groups excluding carboxylic acids is 15. The number of nitrogens with zero attached hydrogens (tertiary/aromatic N) is 15. The van der Waals surface area contributed by atoms with Crippen LogP contribution in [0, 0.1) is 42.9 Å². The minimum absolute atomic E-state index is 0.00599. The smallest absolute Gasteiger partial charge is 0.419 e. The number of pyridine rings is 2. The van der Waals surface area contributed by atoms with Crippen LogP contribution >= 0.6 is 58.0 Å². The molecule has 6 atom stereocenters. The van der Waals surface area contributed by atoms with Crippen LogP contribution in [0.3, 0.4) is 0 Å². The number of alkyl halides is 6. The predicted molar refractivity (Wildman–Crippen MR) is 521 cm³/mol. The molecule has 0 bridgehead atoms. The summed E-state index contributed by atoms with van der Waals surface area (Å²) in [4.78, 5) is 209. The normalized spacial score (nSPS) is 16.5. The van der Waals surface area contributed by atoms with Gasteiger partial charge in [0.15, 0.2) is 0 Å². The minimum atomic E-state index is -4.70. The second-order valence-electron chi connectivity index (χ2n) is 33.8. The third kappa shape index (κ3) is 28.9. The van der Waals surface area contributed by atoms with E-state index in [-0.39, 0.29) is 161 Å². The number of β-amino-alcohol motifs (C(OH)–C–C–N with tert-alkyl or cyclic N) is 1. The summed E-state index contributed by atoms with van der Waals surface area (Å²) in [5.41, 5.74) is 0.835. The molecule has 0 saturated carbocycles. The number of aliphatic hydroxyl groups excluding tert-OH is 1. The lowest BCUT2D eigenvalue weighted by Crippen LogP contribution is -2.49. The van der Waals surface area contributed by atoms with Crippen molar-refractivity contribution in [2.45, 2.75) is 103 Å². The van der Waals surface area contributed by atoms with Crippen LogP contribution in [0.25, 0.3) is 0 Å². The topological polar surface area (TPSA) is 387 Å². The maximum atomic E-state index is 13.5. The third-order valence-corrected chi connectivity index (χ3v) is 24.1. The Bertz CT molecular complexity index is 6580. The number of imide groups is 2. The molecule has 7 aromatic carbocycles. The summed E-state index contributed by atoms with van der Waals surface area (Å²) >= 11 is 28.9. The van der Waals surface area contributed by atoms with Crippen molar-refractivity contribution in [3.8, 4) is 0 Å². The van der Waals surface area contributed by atoms with E-state index >= 15 is 0 Å². The number of aromatic nitrogens is 2. The Morgan fingerprint density at radius 1 is 0.405 bits per heavy atom. The molecule has 7 heterocycles. The number of anilines is 7. The first-order valence-electron chi connectivity index (χ1n) is 44.1. The lowest BCUT2D eigenvalue weighted by atomic mass is 10.1. The van der Waals surface area contributed by atoms with Crippen LogP contribution in [0.5, 0.6) is 0 Å². The van der Waals surface area contributed by atoms with Crippen LogP contribution in [0.4, 0.5) is 122 Å². The van der Waals surface area contributed by atoms with Gasteiger partial charge in [-0.1, -0.05) is 119 Å². The molecule has 2 aromatic heterocycles. The maximum Gasteiger partial charge on any atom is 0.419 e. The largest absolute Gasteiger partial charge is 0.444 e. The van der Waals surface area contributed by atoms with E-state index in [0.717, 1.165) is 92.1 Å². The van der Waals surface area contributed by atoms with Crippen molar-refractivity contribution in [2.75, 3.05) is 128 Å². The number of carbonyl (C=O) groups is 15. The van der Waals surface area contributed by atoms with Crippen LogP contribution < -0.4 is 44.9 Å². The van der Waals surface area contributed by atoms with Gasteiger partial charge in [0.1, 0.15) is 101 Å². The number of aliphatic hydroxyl groups is 1. The standard InChI is InChI=1S/C22H21ClFN3O5.C21H21ClF4N4O3.C21H19ClF4N4O3.C19H17ClFN3O4.C14H15ClFN3O3/c1-14(28)11-26-12-19(20(29)25(2)16-8-9-18(24)17(23)10-16)27(21(26)30)22(31)32-13-15-6-4-3-5-7-15;2*1-11-6-13(21(24,25)26)7-18(27-11)30-17(10-29(20(30)33)9-12(2)31)19(32)28(3)14-4-5-16(23)15(22)8-14;1-23(13-7-8-15(21)14(20)9-13)17(25)16-10-22-18(26)24(16)19(27)28-11-12-5-3-2-4-6-12;1-8(20)6-19-7-12(17-14(19)22)13(21)18(2)9-3-4-11(16)10(15)5-9/h3-10,19H,11-13H2,1-2H3;4-8,12,17,31H,9-10H2,1-3H3;4-8,17H,9-10H2,1-3H3;2-9,16H,10-11H2,1H3,(H,22,26);3-5,12H,6-7H2,1-2H3,(H,17,22)/t19-;12?,17-;17-;16-;12-/m00000/s1. The number of urea groups is 5. The van der Waals surface area contributed by atoms with E-state index in [1.807, 2.05) is 6.07 Å². The predicted octanol–water partition coefficient (Wildman–Crippen LogP) is 16.0. The molecule has 0 radical (unpaired) electrons.